The highest BCUT2D eigenvalue weighted by molar-refractivity contribution is 5.88. The van der Waals surface area contributed by atoms with E-state index in [4.69, 9.17) is 10.5 Å². The predicted molar refractivity (Wildman–Crippen MR) is 86.5 cm³/mol. The van der Waals surface area contributed by atoms with E-state index in [-0.39, 0.29) is 24.3 Å². The van der Waals surface area contributed by atoms with E-state index in [1.54, 1.807) is 0 Å². The molecule has 6 heteroatoms. The van der Waals surface area contributed by atoms with Gasteiger partial charge in [0.1, 0.15) is 6.04 Å². The first-order chi connectivity index (χ1) is 10.9. The molecule has 0 spiro atoms. The van der Waals surface area contributed by atoms with Gasteiger partial charge in [-0.1, -0.05) is 33.1 Å². The van der Waals surface area contributed by atoms with Gasteiger partial charge in [-0.15, -0.1) is 0 Å². The summed E-state index contributed by atoms with van der Waals surface area (Å²) < 4.78 is 5.24. The standard InChI is InChI=1S/C17H30N2O4/c1-3-4-9-23-16(22)13-10-12(20)11-19(13)15(21)14(18)17(2)7-5-6-8-17/h12-14,20H,3-11,18H2,1-2H3/t12-,13+,14-/m1/s1. The van der Waals surface area contributed by atoms with E-state index in [2.05, 4.69) is 0 Å². The Morgan fingerprint density at radius 3 is 2.65 bits per heavy atom. The largest absolute Gasteiger partial charge is 0.464 e. The number of aliphatic hydroxyl groups is 1. The molecule has 1 aliphatic heterocycles. The normalized spacial score (nSPS) is 27.9. The Hall–Kier alpha value is -1.14. The number of aliphatic hydroxyl groups excluding tert-OH is 1. The summed E-state index contributed by atoms with van der Waals surface area (Å²) in [5.41, 5.74) is 6.03. The molecule has 2 aliphatic rings. The lowest BCUT2D eigenvalue weighted by Gasteiger charge is -2.34. The van der Waals surface area contributed by atoms with Crippen molar-refractivity contribution in [1.82, 2.24) is 4.90 Å². The number of nitrogens with two attached hydrogens (primary N) is 1. The van der Waals surface area contributed by atoms with E-state index >= 15 is 0 Å². The first-order valence-electron chi connectivity index (χ1n) is 8.80. The maximum atomic E-state index is 12.8. The second-order valence-corrected chi connectivity index (χ2v) is 7.26. The number of esters is 1. The second-order valence-electron chi connectivity index (χ2n) is 7.26. The summed E-state index contributed by atoms with van der Waals surface area (Å²) in [5, 5.41) is 9.91. The Labute approximate surface area is 138 Å². The van der Waals surface area contributed by atoms with Crippen molar-refractivity contribution in [2.24, 2.45) is 11.1 Å². The van der Waals surface area contributed by atoms with Crippen molar-refractivity contribution in [1.29, 1.82) is 0 Å². The molecule has 1 aliphatic carbocycles. The summed E-state index contributed by atoms with van der Waals surface area (Å²) in [7, 11) is 0. The van der Waals surface area contributed by atoms with Crippen LogP contribution in [0.3, 0.4) is 0 Å². The quantitative estimate of drug-likeness (QED) is 0.565. The van der Waals surface area contributed by atoms with Crippen LogP contribution < -0.4 is 5.73 Å². The molecule has 132 valence electrons. The molecule has 23 heavy (non-hydrogen) atoms. The highest BCUT2D eigenvalue weighted by atomic mass is 16.5. The third-order valence-corrected chi connectivity index (χ3v) is 5.34. The molecule has 0 bridgehead atoms. The fraction of sp³-hybridized carbons (Fsp3) is 0.882. The molecule has 0 aromatic rings. The van der Waals surface area contributed by atoms with E-state index < -0.39 is 24.2 Å². The van der Waals surface area contributed by atoms with Gasteiger partial charge in [-0.2, -0.15) is 0 Å². The summed E-state index contributed by atoms with van der Waals surface area (Å²) in [6, 6.07) is -1.33. The first kappa shape index (κ1) is 18.2. The Bertz CT molecular complexity index is 434. The number of carbonyl (C=O) groups excluding carboxylic acids is 2. The van der Waals surface area contributed by atoms with Crippen LogP contribution >= 0.6 is 0 Å². The number of ether oxygens (including phenoxy) is 1. The monoisotopic (exact) mass is 326 g/mol. The third kappa shape index (κ3) is 4.04. The summed E-state index contributed by atoms with van der Waals surface area (Å²) in [5.74, 6) is -0.657. The molecular formula is C17H30N2O4. The Morgan fingerprint density at radius 1 is 1.39 bits per heavy atom. The van der Waals surface area contributed by atoms with Gasteiger partial charge in [0.25, 0.3) is 0 Å². The van der Waals surface area contributed by atoms with Crippen LogP contribution in [0.4, 0.5) is 0 Å². The van der Waals surface area contributed by atoms with Gasteiger partial charge in [0.15, 0.2) is 0 Å². The van der Waals surface area contributed by atoms with Gasteiger partial charge in [-0.3, -0.25) is 4.79 Å². The zero-order chi connectivity index (χ0) is 17.0. The summed E-state index contributed by atoms with van der Waals surface area (Å²) in [6.07, 6.45) is 5.32. The number of rotatable bonds is 6. The molecule has 1 saturated carbocycles. The zero-order valence-electron chi connectivity index (χ0n) is 14.3. The molecule has 1 amide bonds. The molecule has 0 aromatic heterocycles. The fourth-order valence-electron chi connectivity index (χ4n) is 3.66. The van der Waals surface area contributed by atoms with Crippen LogP contribution in [-0.2, 0) is 14.3 Å². The van der Waals surface area contributed by atoms with Crippen LogP contribution in [0, 0.1) is 5.41 Å². The minimum Gasteiger partial charge on any atom is -0.464 e. The second kappa shape index (κ2) is 7.62. The van der Waals surface area contributed by atoms with Gasteiger partial charge in [0, 0.05) is 13.0 Å². The van der Waals surface area contributed by atoms with E-state index in [1.165, 1.54) is 4.90 Å². The SMILES string of the molecule is CCCCOC(=O)[C@@H]1C[C@@H](O)CN1C(=O)[C@@H](N)C1(C)CCCC1. The van der Waals surface area contributed by atoms with Crippen molar-refractivity contribution in [3.05, 3.63) is 0 Å². The van der Waals surface area contributed by atoms with Crippen molar-refractivity contribution in [2.45, 2.75) is 77.0 Å². The number of hydrogen-bond acceptors (Lipinski definition) is 5. The average Bonchev–Trinajstić information content (AvgIpc) is 3.13. The number of hydrogen-bond donors (Lipinski definition) is 2. The number of β-amino-alcohol motifs (C(OH)–C–C–N with tert-alkyl or cyclic N) is 1. The average molecular weight is 326 g/mol. The molecular weight excluding hydrogens is 296 g/mol. The van der Waals surface area contributed by atoms with Crippen LogP contribution in [0.25, 0.3) is 0 Å². The molecule has 0 unspecified atom stereocenters. The van der Waals surface area contributed by atoms with E-state index in [0.29, 0.717) is 6.61 Å². The van der Waals surface area contributed by atoms with Gasteiger partial charge in [-0.25, -0.2) is 4.79 Å². The Morgan fingerprint density at radius 2 is 2.04 bits per heavy atom. The molecule has 1 heterocycles. The fourth-order valence-corrected chi connectivity index (χ4v) is 3.66. The van der Waals surface area contributed by atoms with E-state index in [0.717, 1.165) is 38.5 Å². The summed E-state index contributed by atoms with van der Waals surface area (Å²) in [4.78, 5) is 26.5. The van der Waals surface area contributed by atoms with E-state index in [1.807, 2.05) is 13.8 Å². The van der Waals surface area contributed by atoms with Gasteiger partial charge in [0.05, 0.1) is 18.8 Å². The number of nitrogens with zero attached hydrogens (tertiary/aromatic N) is 1. The van der Waals surface area contributed by atoms with Crippen molar-refractivity contribution >= 4 is 11.9 Å². The molecule has 3 atom stereocenters. The lowest BCUT2D eigenvalue weighted by atomic mass is 9.80. The number of carbonyl (C=O) groups is 2. The lowest BCUT2D eigenvalue weighted by Crippen LogP contribution is -2.54. The minimum atomic E-state index is -0.703. The van der Waals surface area contributed by atoms with Gasteiger partial charge < -0.3 is 20.5 Å². The van der Waals surface area contributed by atoms with E-state index in [9.17, 15) is 14.7 Å². The number of likely N-dealkylation sites (tertiary alicyclic amines) is 1. The molecule has 0 aromatic carbocycles. The number of amides is 1. The smallest absolute Gasteiger partial charge is 0.328 e. The summed E-state index contributed by atoms with van der Waals surface area (Å²) in [6.45, 7) is 4.58. The van der Waals surface area contributed by atoms with Gasteiger partial charge in [-0.05, 0) is 24.7 Å². The van der Waals surface area contributed by atoms with Crippen LogP contribution in [0.5, 0.6) is 0 Å². The topological polar surface area (TPSA) is 92.9 Å². The molecule has 3 N–H and O–H groups in total. The molecule has 2 fully saturated rings. The van der Waals surface area contributed by atoms with Crippen molar-refractivity contribution in [3.63, 3.8) is 0 Å². The summed E-state index contributed by atoms with van der Waals surface area (Å²) >= 11 is 0. The maximum Gasteiger partial charge on any atom is 0.328 e. The number of unbranched alkanes of at least 4 members (excludes halogenated alkanes) is 1. The van der Waals surface area contributed by atoms with Crippen LogP contribution in [0.1, 0.15) is 58.8 Å². The third-order valence-electron chi connectivity index (χ3n) is 5.34. The zero-order valence-corrected chi connectivity index (χ0v) is 14.3. The lowest BCUT2D eigenvalue weighted by molar-refractivity contribution is -0.154. The molecule has 1 saturated heterocycles. The van der Waals surface area contributed by atoms with Gasteiger partial charge >= 0.3 is 5.97 Å². The molecule has 6 nitrogen and oxygen atoms in total. The predicted octanol–water partition coefficient (Wildman–Crippen LogP) is 1.20. The Balaban J connectivity index is 2.03. The van der Waals surface area contributed by atoms with Crippen LogP contribution in [0.15, 0.2) is 0 Å². The highest BCUT2D eigenvalue weighted by Gasteiger charge is 2.46. The Kier molecular flexibility index (Phi) is 6.03. The van der Waals surface area contributed by atoms with Crippen LogP contribution in [0.2, 0.25) is 0 Å². The maximum absolute atomic E-state index is 12.8. The van der Waals surface area contributed by atoms with Gasteiger partial charge in [0.2, 0.25) is 5.91 Å². The highest BCUT2D eigenvalue weighted by Crippen LogP contribution is 2.40. The van der Waals surface area contributed by atoms with Crippen molar-refractivity contribution in [3.8, 4) is 0 Å². The molecule has 2 rings (SSSR count). The van der Waals surface area contributed by atoms with Crippen LogP contribution in [-0.4, -0.2) is 53.2 Å². The molecule has 0 radical (unpaired) electrons. The first-order valence-corrected chi connectivity index (χ1v) is 8.80. The minimum absolute atomic E-state index is 0.163. The van der Waals surface area contributed by atoms with Crippen molar-refractivity contribution in [2.75, 3.05) is 13.2 Å². The van der Waals surface area contributed by atoms with Crippen molar-refractivity contribution < 1.29 is 19.4 Å².